The Balaban J connectivity index is 2.25. The number of benzene rings is 1. The minimum Gasteiger partial charge on any atom is -0.480 e. The van der Waals surface area contributed by atoms with Crippen molar-refractivity contribution in [2.45, 2.75) is 31.7 Å². The summed E-state index contributed by atoms with van der Waals surface area (Å²) < 4.78 is 13.3. The van der Waals surface area contributed by atoms with Gasteiger partial charge in [0.15, 0.2) is 0 Å². The van der Waals surface area contributed by atoms with Crippen molar-refractivity contribution >= 4 is 23.5 Å². The van der Waals surface area contributed by atoms with Crippen LogP contribution in [0.4, 0.5) is 4.39 Å². The van der Waals surface area contributed by atoms with E-state index in [1.165, 1.54) is 13.0 Å². The van der Waals surface area contributed by atoms with Crippen molar-refractivity contribution < 1.29 is 19.1 Å². The lowest BCUT2D eigenvalue weighted by Gasteiger charge is -2.38. The van der Waals surface area contributed by atoms with Crippen LogP contribution in [-0.4, -0.2) is 22.5 Å². The Hall–Kier alpha value is -1.62. The van der Waals surface area contributed by atoms with Crippen LogP contribution in [0.5, 0.6) is 0 Å². The number of amides is 1. The zero-order valence-corrected chi connectivity index (χ0v) is 11.1. The molecular weight excluding hydrogens is 273 g/mol. The molecule has 19 heavy (non-hydrogen) atoms. The fourth-order valence-electron chi connectivity index (χ4n) is 2.04. The first-order chi connectivity index (χ1) is 8.85. The molecule has 0 aromatic heterocycles. The average molecular weight is 286 g/mol. The molecule has 0 unspecified atom stereocenters. The summed E-state index contributed by atoms with van der Waals surface area (Å²) in [5.41, 5.74) is -0.830. The van der Waals surface area contributed by atoms with E-state index in [0.29, 0.717) is 12.8 Å². The van der Waals surface area contributed by atoms with Gasteiger partial charge in [-0.2, -0.15) is 0 Å². The third kappa shape index (κ3) is 2.42. The number of nitrogens with one attached hydrogen (secondary N) is 1. The maximum atomic E-state index is 13.3. The molecule has 1 aliphatic rings. The predicted octanol–water partition coefficient (Wildman–Crippen LogP) is 2.52. The third-order valence-electron chi connectivity index (χ3n) is 3.46. The average Bonchev–Trinajstić information content (AvgIpc) is 2.27. The van der Waals surface area contributed by atoms with Gasteiger partial charge in [0.05, 0.1) is 10.6 Å². The summed E-state index contributed by atoms with van der Waals surface area (Å²) >= 11 is 5.82. The molecule has 0 radical (unpaired) electrons. The molecule has 1 aromatic carbocycles. The molecule has 0 bridgehead atoms. The summed E-state index contributed by atoms with van der Waals surface area (Å²) in [6, 6.07) is 2.38. The van der Waals surface area contributed by atoms with E-state index in [0.717, 1.165) is 12.5 Å². The molecule has 2 N–H and O–H groups in total. The van der Waals surface area contributed by atoms with Crippen molar-refractivity contribution in [3.05, 3.63) is 34.1 Å². The largest absolute Gasteiger partial charge is 0.480 e. The van der Waals surface area contributed by atoms with Crippen LogP contribution in [0, 0.1) is 12.7 Å². The zero-order valence-electron chi connectivity index (χ0n) is 10.3. The second-order valence-electron chi connectivity index (χ2n) is 4.78. The highest BCUT2D eigenvalue weighted by Gasteiger charge is 2.45. The monoisotopic (exact) mass is 285 g/mol. The van der Waals surface area contributed by atoms with Crippen molar-refractivity contribution in [1.82, 2.24) is 5.32 Å². The normalized spacial score (nSPS) is 16.6. The number of hydrogen-bond donors (Lipinski definition) is 2. The fourth-order valence-corrected chi connectivity index (χ4v) is 2.27. The van der Waals surface area contributed by atoms with Gasteiger partial charge in [-0.05, 0) is 43.9 Å². The molecule has 0 spiro atoms. The van der Waals surface area contributed by atoms with Gasteiger partial charge >= 0.3 is 5.97 Å². The molecule has 0 aliphatic heterocycles. The number of carboxylic acid groups (broad SMARTS) is 1. The van der Waals surface area contributed by atoms with Gasteiger partial charge in [0, 0.05) is 0 Å². The second-order valence-corrected chi connectivity index (χ2v) is 5.18. The summed E-state index contributed by atoms with van der Waals surface area (Å²) in [5, 5.41) is 11.6. The molecular formula is C13H13ClFNO3. The standard InChI is InChI=1S/C13H13ClFNO3/c1-7-5-8(9(14)6-10(7)15)11(17)16-13(12(18)19)3-2-4-13/h5-6H,2-4H2,1H3,(H,16,17)(H,18,19). The van der Waals surface area contributed by atoms with Gasteiger partial charge in [0.2, 0.25) is 0 Å². The van der Waals surface area contributed by atoms with E-state index in [2.05, 4.69) is 5.32 Å². The number of rotatable bonds is 3. The van der Waals surface area contributed by atoms with Crippen LogP contribution in [0.1, 0.15) is 35.2 Å². The molecule has 0 saturated heterocycles. The summed E-state index contributed by atoms with van der Waals surface area (Å²) in [5.74, 6) is -2.14. The Kier molecular flexibility index (Phi) is 3.49. The first-order valence-corrected chi connectivity index (χ1v) is 6.25. The van der Waals surface area contributed by atoms with Crippen LogP contribution in [0.15, 0.2) is 12.1 Å². The Bertz CT molecular complexity index is 555. The second kappa shape index (κ2) is 4.81. The van der Waals surface area contributed by atoms with Crippen LogP contribution >= 0.6 is 11.6 Å². The molecule has 1 saturated carbocycles. The number of aryl methyl sites for hydroxylation is 1. The summed E-state index contributed by atoms with van der Waals surface area (Å²) in [6.45, 7) is 1.51. The van der Waals surface area contributed by atoms with E-state index in [1.807, 2.05) is 0 Å². The van der Waals surface area contributed by atoms with Gasteiger partial charge in [-0.3, -0.25) is 4.79 Å². The SMILES string of the molecule is Cc1cc(C(=O)NC2(C(=O)O)CCC2)c(Cl)cc1F. The first-order valence-electron chi connectivity index (χ1n) is 5.87. The lowest BCUT2D eigenvalue weighted by atomic mass is 9.76. The van der Waals surface area contributed by atoms with Gasteiger partial charge in [0.25, 0.3) is 5.91 Å². The Morgan fingerprint density at radius 3 is 2.53 bits per heavy atom. The number of hydrogen-bond acceptors (Lipinski definition) is 2. The summed E-state index contributed by atoms with van der Waals surface area (Å²) in [6.07, 6.45) is 1.54. The van der Waals surface area contributed by atoms with E-state index in [-0.39, 0.29) is 16.1 Å². The van der Waals surface area contributed by atoms with Crippen LogP contribution in [-0.2, 0) is 4.79 Å². The lowest BCUT2D eigenvalue weighted by Crippen LogP contribution is -2.59. The van der Waals surface area contributed by atoms with Crippen molar-refractivity contribution in [3.8, 4) is 0 Å². The fraction of sp³-hybridized carbons (Fsp3) is 0.385. The van der Waals surface area contributed by atoms with Gasteiger partial charge < -0.3 is 10.4 Å². The molecule has 102 valence electrons. The highest BCUT2D eigenvalue weighted by Crippen LogP contribution is 2.33. The Morgan fingerprint density at radius 1 is 1.42 bits per heavy atom. The molecule has 1 fully saturated rings. The molecule has 1 aliphatic carbocycles. The molecule has 0 heterocycles. The quantitative estimate of drug-likeness (QED) is 0.897. The molecule has 1 amide bonds. The van der Waals surface area contributed by atoms with Gasteiger partial charge in [-0.25, -0.2) is 9.18 Å². The van der Waals surface area contributed by atoms with E-state index in [1.54, 1.807) is 0 Å². The van der Waals surface area contributed by atoms with Gasteiger partial charge in [-0.15, -0.1) is 0 Å². The minimum atomic E-state index is -1.21. The zero-order chi connectivity index (χ0) is 14.2. The maximum absolute atomic E-state index is 13.3. The molecule has 6 heteroatoms. The number of carbonyl (C=O) groups excluding carboxylic acids is 1. The third-order valence-corrected chi connectivity index (χ3v) is 3.77. The van der Waals surface area contributed by atoms with Crippen molar-refractivity contribution in [3.63, 3.8) is 0 Å². The maximum Gasteiger partial charge on any atom is 0.329 e. The van der Waals surface area contributed by atoms with Crippen LogP contribution in [0.25, 0.3) is 0 Å². The van der Waals surface area contributed by atoms with E-state index in [4.69, 9.17) is 16.7 Å². The van der Waals surface area contributed by atoms with Gasteiger partial charge in [-0.1, -0.05) is 11.6 Å². The summed E-state index contributed by atoms with van der Waals surface area (Å²) in [7, 11) is 0. The minimum absolute atomic E-state index is 0.0273. The highest BCUT2D eigenvalue weighted by atomic mass is 35.5. The van der Waals surface area contributed by atoms with Crippen molar-refractivity contribution in [1.29, 1.82) is 0 Å². The van der Waals surface area contributed by atoms with Crippen LogP contribution in [0.3, 0.4) is 0 Å². The Labute approximate surface area is 114 Å². The van der Waals surface area contributed by atoms with Crippen molar-refractivity contribution in [2.24, 2.45) is 0 Å². The first kappa shape index (κ1) is 13.8. The van der Waals surface area contributed by atoms with Crippen LogP contribution < -0.4 is 5.32 Å². The van der Waals surface area contributed by atoms with Crippen LogP contribution in [0.2, 0.25) is 5.02 Å². The van der Waals surface area contributed by atoms with Gasteiger partial charge in [0.1, 0.15) is 11.4 Å². The molecule has 2 rings (SSSR count). The van der Waals surface area contributed by atoms with E-state index >= 15 is 0 Å². The smallest absolute Gasteiger partial charge is 0.329 e. The number of carbonyl (C=O) groups is 2. The van der Waals surface area contributed by atoms with Crippen molar-refractivity contribution in [2.75, 3.05) is 0 Å². The highest BCUT2D eigenvalue weighted by molar-refractivity contribution is 6.34. The summed E-state index contributed by atoms with van der Waals surface area (Å²) in [4.78, 5) is 23.2. The number of aliphatic carboxylic acids is 1. The molecule has 1 aromatic rings. The number of carboxylic acids is 1. The number of halogens is 2. The molecule has 0 atom stereocenters. The van der Waals surface area contributed by atoms with E-state index < -0.39 is 23.2 Å². The Morgan fingerprint density at radius 2 is 2.05 bits per heavy atom. The topological polar surface area (TPSA) is 66.4 Å². The van der Waals surface area contributed by atoms with E-state index in [9.17, 15) is 14.0 Å². The lowest BCUT2D eigenvalue weighted by molar-refractivity contribution is -0.148. The molecule has 4 nitrogen and oxygen atoms in total. The predicted molar refractivity (Wildman–Crippen MR) is 67.8 cm³/mol.